The summed E-state index contributed by atoms with van der Waals surface area (Å²) < 4.78 is 13.4. The fraction of sp³-hybridized carbons (Fsp3) is 0.375. The van der Waals surface area contributed by atoms with E-state index in [9.17, 15) is 14.3 Å². The van der Waals surface area contributed by atoms with Crippen LogP contribution < -0.4 is 5.32 Å². The summed E-state index contributed by atoms with van der Waals surface area (Å²) in [7, 11) is 0. The second kappa shape index (κ2) is 7.08. The van der Waals surface area contributed by atoms with Gasteiger partial charge >= 0.3 is 0 Å². The molecule has 0 unspecified atom stereocenters. The molecule has 0 radical (unpaired) electrons. The van der Waals surface area contributed by atoms with Crippen molar-refractivity contribution in [3.63, 3.8) is 0 Å². The van der Waals surface area contributed by atoms with Crippen LogP contribution in [0, 0.1) is 12.7 Å². The fourth-order valence-corrected chi connectivity index (χ4v) is 4.79. The molecule has 4 heteroatoms. The monoisotopic (exact) mass is 379 g/mol. The molecule has 1 heterocycles. The average molecular weight is 379 g/mol. The molecule has 2 aromatic carbocycles. The Morgan fingerprint density at radius 1 is 1.07 bits per heavy atom. The number of amides is 1. The minimum absolute atomic E-state index is 0.187. The summed E-state index contributed by atoms with van der Waals surface area (Å²) in [5.41, 5.74) is 4.46. The topological polar surface area (TPSA) is 49.3 Å². The smallest absolute Gasteiger partial charge is 0.256 e. The minimum Gasteiger partial charge on any atom is -0.509 e. The van der Waals surface area contributed by atoms with Crippen molar-refractivity contribution < 1.29 is 14.3 Å². The molecule has 1 aliphatic heterocycles. The molecular weight excluding hydrogens is 353 g/mol. The molecule has 0 atom stereocenters. The molecular formula is C24H26FNO2. The van der Waals surface area contributed by atoms with Gasteiger partial charge in [-0.05, 0) is 66.1 Å². The van der Waals surface area contributed by atoms with Crippen LogP contribution >= 0.6 is 0 Å². The molecule has 0 saturated heterocycles. The molecule has 2 N–H and O–H groups in total. The minimum atomic E-state index is -0.603. The summed E-state index contributed by atoms with van der Waals surface area (Å²) in [6, 6.07) is 10.4. The van der Waals surface area contributed by atoms with Crippen molar-refractivity contribution in [2.45, 2.75) is 57.9 Å². The first kappa shape index (κ1) is 18.7. The molecule has 28 heavy (non-hydrogen) atoms. The third-order valence-corrected chi connectivity index (χ3v) is 6.31. The number of halogens is 1. The van der Waals surface area contributed by atoms with Crippen LogP contribution in [0.15, 0.2) is 42.2 Å². The number of aliphatic hydroxyl groups excluding tert-OH is 1. The summed E-state index contributed by atoms with van der Waals surface area (Å²) in [4.78, 5) is 13.0. The van der Waals surface area contributed by atoms with Crippen LogP contribution in [0.25, 0.3) is 16.7 Å². The standard InChI is InChI=1S/C24H26FNO2/c1-3-16-9-12-19(17-7-10-18(25)11-8-17)15(2)20(16)21-22(27)24(26-23(21)28)13-5-4-6-14-24/h7-12,27H,3-6,13-14H2,1-2H3,(H,26,28). The van der Waals surface area contributed by atoms with E-state index >= 15 is 0 Å². The van der Waals surface area contributed by atoms with Crippen LogP contribution in [0.4, 0.5) is 4.39 Å². The molecule has 1 fully saturated rings. The van der Waals surface area contributed by atoms with Gasteiger partial charge in [0.1, 0.15) is 11.6 Å². The lowest BCUT2D eigenvalue weighted by Gasteiger charge is -2.33. The molecule has 2 aliphatic rings. The van der Waals surface area contributed by atoms with E-state index in [2.05, 4.69) is 12.2 Å². The predicted octanol–water partition coefficient (Wildman–Crippen LogP) is 5.47. The van der Waals surface area contributed by atoms with E-state index in [1.165, 1.54) is 12.1 Å². The van der Waals surface area contributed by atoms with Gasteiger partial charge in [0.05, 0.1) is 11.1 Å². The molecule has 1 amide bonds. The van der Waals surface area contributed by atoms with Gasteiger partial charge in [-0.3, -0.25) is 4.79 Å². The van der Waals surface area contributed by atoms with E-state index in [0.29, 0.717) is 5.57 Å². The van der Waals surface area contributed by atoms with Gasteiger partial charge in [-0.2, -0.15) is 0 Å². The van der Waals surface area contributed by atoms with Gasteiger partial charge in [0.2, 0.25) is 0 Å². The highest BCUT2D eigenvalue weighted by atomic mass is 19.1. The maximum absolute atomic E-state index is 13.4. The van der Waals surface area contributed by atoms with Gasteiger partial charge in [-0.15, -0.1) is 0 Å². The van der Waals surface area contributed by atoms with E-state index in [1.54, 1.807) is 12.1 Å². The summed E-state index contributed by atoms with van der Waals surface area (Å²) in [5, 5.41) is 14.3. The number of nitrogens with one attached hydrogen (secondary N) is 1. The van der Waals surface area contributed by atoms with Crippen molar-refractivity contribution >= 4 is 11.5 Å². The Hall–Kier alpha value is -2.62. The summed E-state index contributed by atoms with van der Waals surface area (Å²) in [6.45, 7) is 4.03. The zero-order valence-electron chi connectivity index (χ0n) is 16.4. The van der Waals surface area contributed by atoms with Gasteiger partial charge in [-0.1, -0.05) is 50.5 Å². The van der Waals surface area contributed by atoms with Crippen LogP contribution in [0.3, 0.4) is 0 Å². The predicted molar refractivity (Wildman–Crippen MR) is 109 cm³/mol. The maximum Gasteiger partial charge on any atom is 0.256 e. The van der Waals surface area contributed by atoms with Crippen molar-refractivity contribution in [2.75, 3.05) is 0 Å². The lowest BCUT2D eigenvalue weighted by molar-refractivity contribution is -0.116. The first-order valence-electron chi connectivity index (χ1n) is 10.1. The highest BCUT2D eigenvalue weighted by molar-refractivity contribution is 6.24. The van der Waals surface area contributed by atoms with E-state index in [0.717, 1.165) is 66.3 Å². The second-order valence-electron chi connectivity index (χ2n) is 7.95. The van der Waals surface area contributed by atoms with Crippen LogP contribution in [0.1, 0.15) is 55.7 Å². The van der Waals surface area contributed by atoms with Gasteiger partial charge in [-0.25, -0.2) is 4.39 Å². The van der Waals surface area contributed by atoms with Gasteiger partial charge in [0.25, 0.3) is 5.91 Å². The molecule has 2 aromatic rings. The van der Waals surface area contributed by atoms with Crippen LogP contribution in [-0.2, 0) is 11.2 Å². The number of hydrogen-bond acceptors (Lipinski definition) is 2. The molecule has 1 spiro atoms. The van der Waals surface area contributed by atoms with Crippen LogP contribution in [-0.4, -0.2) is 16.6 Å². The van der Waals surface area contributed by atoms with Crippen molar-refractivity contribution in [3.05, 3.63) is 64.7 Å². The van der Waals surface area contributed by atoms with Gasteiger partial charge in [0, 0.05) is 0 Å². The maximum atomic E-state index is 13.4. The fourth-order valence-electron chi connectivity index (χ4n) is 4.79. The number of carbonyl (C=O) groups is 1. The lowest BCUT2D eigenvalue weighted by atomic mass is 9.79. The number of aliphatic hydroxyl groups is 1. The van der Waals surface area contributed by atoms with E-state index in [-0.39, 0.29) is 17.5 Å². The Kier molecular flexibility index (Phi) is 4.74. The van der Waals surface area contributed by atoms with Crippen LogP contribution in [0.2, 0.25) is 0 Å². The molecule has 1 aliphatic carbocycles. The Labute approximate surface area is 165 Å². The average Bonchev–Trinajstić information content (AvgIpc) is 2.92. The van der Waals surface area contributed by atoms with Gasteiger partial charge in [0.15, 0.2) is 0 Å². The molecule has 0 bridgehead atoms. The number of aryl methyl sites for hydroxylation is 1. The van der Waals surface area contributed by atoms with Crippen molar-refractivity contribution in [3.8, 4) is 11.1 Å². The number of carbonyl (C=O) groups excluding carboxylic acids is 1. The largest absolute Gasteiger partial charge is 0.509 e. The summed E-state index contributed by atoms with van der Waals surface area (Å²) in [6.07, 6.45) is 5.48. The third kappa shape index (κ3) is 2.92. The molecule has 4 rings (SSSR count). The number of rotatable bonds is 3. The van der Waals surface area contributed by atoms with Crippen molar-refractivity contribution in [2.24, 2.45) is 0 Å². The Morgan fingerprint density at radius 2 is 1.75 bits per heavy atom. The zero-order valence-corrected chi connectivity index (χ0v) is 16.4. The van der Waals surface area contributed by atoms with Gasteiger partial charge < -0.3 is 10.4 Å². The Balaban J connectivity index is 1.90. The number of benzene rings is 2. The Morgan fingerprint density at radius 3 is 2.39 bits per heavy atom. The molecule has 146 valence electrons. The highest BCUT2D eigenvalue weighted by Gasteiger charge is 2.47. The zero-order chi connectivity index (χ0) is 19.9. The normalized spacial score (nSPS) is 18.6. The van der Waals surface area contributed by atoms with Crippen LogP contribution in [0.5, 0.6) is 0 Å². The highest BCUT2D eigenvalue weighted by Crippen LogP contribution is 2.43. The van der Waals surface area contributed by atoms with E-state index < -0.39 is 5.54 Å². The molecule has 0 aromatic heterocycles. The quantitative estimate of drug-likeness (QED) is 0.743. The summed E-state index contributed by atoms with van der Waals surface area (Å²) in [5.74, 6) is -0.263. The van der Waals surface area contributed by atoms with Crippen molar-refractivity contribution in [1.29, 1.82) is 0 Å². The van der Waals surface area contributed by atoms with Crippen molar-refractivity contribution in [1.82, 2.24) is 5.32 Å². The SMILES string of the molecule is CCc1ccc(-c2ccc(F)cc2)c(C)c1C1=C(O)C2(CCCCC2)NC1=O. The summed E-state index contributed by atoms with van der Waals surface area (Å²) >= 11 is 0. The number of hydrogen-bond donors (Lipinski definition) is 2. The third-order valence-electron chi connectivity index (χ3n) is 6.31. The second-order valence-corrected chi connectivity index (χ2v) is 7.95. The molecule has 3 nitrogen and oxygen atoms in total. The Bertz CT molecular complexity index is 953. The van der Waals surface area contributed by atoms with E-state index in [4.69, 9.17) is 0 Å². The molecule has 1 saturated carbocycles. The lowest BCUT2D eigenvalue weighted by Crippen LogP contribution is -2.46. The van der Waals surface area contributed by atoms with E-state index in [1.807, 2.05) is 19.1 Å². The first-order valence-corrected chi connectivity index (χ1v) is 10.1. The first-order chi connectivity index (χ1) is 13.5.